The molecule has 0 aromatic carbocycles. The summed E-state index contributed by atoms with van der Waals surface area (Å²) in [6.45, 7) is 3.67. The van der Waals surface area contributed by atoms with Gasteiger partial charge in [0.25, 0.3) is 0 Å². The molecule has 0 bridgehead atoms. The molecular weight excluding hydrogens is 262 g/mol. The standard InChI is InChI=1S/C13H19N3O2S/c1-3-11(17)14-8-5-6-9-10(7-8)19-13(15-9)16-12(18)4-2/h8H,3-7H2,1-2H3,(H,14,17)(H,15,16,18)/t8-/m0/s1. The summed E-state index contributed by atoms with van der Waals surface area (Å²) in [6.07, 6.45) is 3.58. The Kier molecular flexibility index (Phi) is 4.52. The van der Waals surface area contributed by atoms with Crippen molar-refractivity contribution in [3.63, 3.8) is 0 Å². The first-order valence-corrected chi connectivity index (χ1v) is 7.51. The van der Waals surface area contributed by atoms with Gasteiger partial charge in [-0.15, -0.1) is 11.3 Å². The lowest BCUT2D eigenvalue weighted by molar-refractivity contribution is -0.121. The predicted octanol–water partition coefficient (Wildman–Crippen LogP) is 1.88. The van der Waals surface area contributed by atoms with Gasteiger partial charge >= 0.3 is 0 Å². The first kappa shape index (κ1) is 14.0. The third-order valence-electron chi connectivity index (χ3n) is 3.19. The molecule has 0 saturated heterocycles. The van der Waals surface area contributed by atoms with E-state index in [0.717, 1.165) is 25.0 Å². The average Bonchev–Trinajstić information content (AvgIpc) is 2.79. The van der Waals surface area contributed by atoms with Crippen LogP contribution in [0, 0.1) is 0 Å². The van der Waals surface area contributed by atoms with E-state index in [4.69, 9.17) is 0 Å². The van der Waals surface area contributed by atoms with E-state index in [2.05, 4.69) is 15.6 Å². The zero-order valence-corrected chi connectivity index (χ0v) is 12.1. The van der Waals surface area contributed by atoms with E-state index in [0.29, 0.717) is 18.0 Å². The highest BCUT2D eigenvalue weighted by Gasteiger charge is 2.23. The highest BCUT2D eigenvalue weighted by Crippen LogP contribution is 2.29. The van der Waals surface area contributed by atoms with Gasteiger partial charge in [-0.3, -0.25) is 9.59 Å². The number of amides is 2. The predicted molar refractivity (Wildman–Crippen MR) is 75.3 cm³/mol. The molecule has 1 aliphatic carbocycles. The van der Waals surface area contributed by atoms with Gasteiger partial charge in [-0.25, -0.2) is 4.98 Å². The van der Waals surface area contributed by atoms with E-state index >= 15 is 0 Å². The summed E-state index contributed by atoms with van der Waals surface area (Å²) in [5.74, 6) is 0.0828. The normalized spacial score (nSPS) is 17.7. The number of rotatable bonds is 4. The summed E-state index contributed by atoms with van der Waals surface area (Å²) in [5.41, 5.74) is 1.07. The van der Waals surface area contributed by atoms with Crippen LogP contribution in [0.5, 0.6) is 0 Å². The Balaban J connectivity index is 2.00. The molecule has 0 unspecified atom stereocenters. The molecule has 0 aliphatic heterocycles. The van der Waals surface area contributed by atoms with Gasteiger partial charge in [0.1, 0.15) is 0 Å². The Morgan fingerprint density at radius 1 is 1.32 bits per heavy atom. The number of carbonyl (C=O) groups is 2. The number of nitrogens with zero attached hydrogens (tertiary/aromatic N) is 1. The molecule has 0 spiro atoms. The second-order valence-corrected chi connectivity index (χ2v) is 5.74. The van der Waals surface area contributed by atoms with Crippen LogP contribution in [0.1, 0.15) is 43.7 Å². The van der Waals surface area contributed by atoms with E-state index in [1.54, 1.807) is 0 Å². The van der Waals surface area contributed by atoms with E-state index in [1.165, 1.54) is 16.2 Å². The molecule has 0 fully saturated rings. The van der Waals surface area contributed by atoms with Crippen molar-refractivity contribution >= 4 is 28.3 Å². The van der Waals surface area contributed by atoms with Crippen molar-refractivity contribution < 1.29 is 9.59 Å². The molecule has 2 N–H and O–H groups in total. The van der Waals surface area contributed by atoms with Crippen LogP contribution in [0.4, 0.5) is 5.13 Å². The second-order valence-electron chi connectivity index (χ2n) is 4.65. The molecule has 1 aromatic heterocycles. The number of anilines is 1. The summed E-state index contributed by atoms with van der Waals surface area (Å²) in [4.78, 5) is 28.4. The first-order valence-electron chi connectivity index (χ1n) is 6.70. The molecule has 2 rings (SSSR count). The van der Waals surface area contributed by atoms with Crippen LogP contribution in [0.2, 0.25) is 0 Å². The van der Waals surface area contributed by atoms with E-state index in [-0.39, 0.29) is 17.9 Å². The minimum Gasteiger partial charge on any atom is -0.353 e. The Morgan fingerprint density at radius 3 is 2.74 bits per heavy atom. The minimum absolute atomic E-state index is 0.0121. The Labute approximate surface area is 116 Å². The molecule has 6 heteroatoms. The van der Waals surface area contributed by atoms with Crippen molar-refractivity contribution in [1.82, 2.24) is 10.3 Å². The lowest BCUT2D eigenvalue weighted by atomic mass is 9.97. The molecule has 2 amide bonds. The zero-order valence-electron chi connectivity index (χ0n) is 11.3. The van der Waals surface area contributed by atoms with Gasteiger partial charge in [0, 0.05) is 30.2 Å². The number of nitrogens with one attached hydrogen (secondary N) is 2. The highest BCUT2D eigenvalue weighted by atomic mass is 32.1. The van der Waals surface area contributed by atoms with Crippen molar-refractivity contribution in [3.8, 4) is 0 Å². The van der Waals surface area contributed by atoms with Gasteiger partial charge in [-0.05, 0) is 12.8 Å². The number of aryl methyl sites for hydroxylation is 1. The summed E-state index contributed by atoms with van der Waals surface area (Å²) < 4.78 is 0. The van der Waals surface area contributed by atoms with Crippen LogP contribution in [0.25, 0.3) is 0 Å². The molecule has 0 saturated carbocycles. The Morgan fingerprint density at radius 2 is 2.05 bits per heavy atom. The van der Waals surface area contributed by atoms with Crippen molar-refractivity contribution in [1.29, 1.82) is 0 Å². The molecule has 1 heterocycles. The van der Waals surface area contributed by atoms with E-state index < -0.39 is 0 Å². The summed E-state index contributed by atoms with van der Waals surface area (Å²) in [5, 5.41) is 6.50. The number of fused-ring (bicyclic) bond motifs is 1. The fraction of sp³-hybridized carbons (Fsp3) is 0.615. The number of hydrogen-bond acceptors (Lipinski definition) is 4. The van der Waals surface area contributed by atoms with E-state index in [9.17, 15) is 9.59 Å². The molecule has 1 atom stereocenters. The Hall–Kier alpha value is -1.43. The molecule has 1 aromatic rings. The Bertz CT molecular complexity index is 484. The molecule has 5 nitrogen and oxygen atoms in total. The maximum Gasteiger partial charge on any atom is 0.225 e. The van der Waals surface area contributed by atoms with Gasteiger partial charge in [0.2, 0.25) is 11.8 Å². The monoisotopic (exact) mass is 281 g/mol. The fourth-order valence-electron chi connectivity index (χ4n) is 2.09. The van der Waals surface area contributed by atoms with Crippen LogP contribution < -0.4 is 10.6 Å². The molecule has 104 valence electrons. The summed E-state index contributed by atoms with van der Waals surface area (Å²) in [6, 6.07) is 0.204. The van der Waals surface area contributed by atoms with Gasteiger partial charge < -0.3 is 10.6 Å². The van der Waals surface area contributed by atoms with Gasteiger partial charge in [-0.1, -0.05) is 13.8 Å². The number of aromatic nitrogens is 1. The number of thiazole rings is 1. The van der Waals surface area contributed by atoms with Gasteiger partial charge in [-0.2, -0.15) is 0 Å². The van der Waals surface area contributed by atoms with Gasteiger partial charge in [0.15, 0.2) is 5.13 Å². The van der Waals surface area contributed by atoms with Crippen LogP contribution in [-0.2, 0) is 22.4 Å². The van der Waals surface area contributed by atoms with Crippen LogP contribution >= 0.6 is 11.3 Å². The summed E-state index contributed by atoms with van der Waals surface area (Å²) >= 11 is 1.52. The lowest BCUT2D eigenvalue weighted by Crippen LogP contribution is -2.38. The zero-order chi connectivity index (χ0) is 13.8. The first-order chi connectivity index (χ1) is 9.12. The van der Waals surface area contributed by atoms with Crippen LogP contribution in [0.15, 0.2) is 0 Å². The second kappa shape index (κ2) is 6.14. The van der Waals surface area contributed by atoms with Gasteiger partial charge in [0.05, 0.1) is 5.69 Å². The molecule has 1 aliphatic rings. The maximum atomic E-state index is 11.4. The quantitative estimate of drug-likeness (QED) is 0.885. The number of carbonyl (C=O) groups excluding carboxylic acids is 2. The van der Waals surface area contributed by atoms with Crippen LogP contribution in [0.3, 0.4) is 0 Å². The SMILES string of the molecule is CCC(=O)Nc1nc2c(s1)C[C@@H](NC(=O)CC)CC2. The topological polar surface area (TPSA) is 71.1 Å². The largest absolute Gasteiger partial charge is 0.353 e. The minimum atomic E-state index is -0.0121. The maximum absolute atomic E-state index is 11.4. The van der Waals surface area contributed by atoms with E-state index in [1.807, 2.05) is 13.8 Å². The van der Waals surface area contributed by atoms with Crippen molar-refractivity contribution in [3.05, 3.63) is 10.6 Å². The van der Waals surface area contributed by atoms with Crippen molar-refractivity contribution in [2.24, 2.45) is 0 Å². The third-order valence-corrected chi connectivity index (χ3v) is 4.23. The van der Waals surface area contributed by atoms with Crippen molar-refractivity contribution in [2.75, 3.05) is 5.32 Å². The third kappa shape index (κ3) is 3.53. The number of hydrogen-bond donors (Lipinski definition) is 2. The molecule has 0 radical (unpaired) electrons. The van der Waals surface area contributed by atoms with Crippen molar-refractivity contribution in [2.45, 2.75) is 52.0 Å². The molecular formula is C13H19N3O2S. The van der Waals surface area contributed by atoms with Crippen LogP contribution in [-0.4, -0.2) is 22.8 Å². The average molecular weight is 281 g/mol. The molecule has 19 heavy (non-hydrogen) atoms. The highest BCUT2D eigenvalue weighted by molar-refractivity contribution is 7.15. The smallest absolute Gasteiger partial charge is 0.225 e. The fourth-order valence-corrected chi connectivity index (χ4v) is 3.19. The lowest BCUT2D eigenvalue weighted by Gasteiger charge is -2.21. The summed E-state index contributed by atoms with van der Waals surface area (Å²) in [7, 11) is 0.